The summed E-state index contributed by atoms with van der Waals surface area (Å²) >= 11 is 18.0. The van der Waals surface area contributed by atoms with Crippen LogP contribution in [0, 0.1) is 0 Å². The van der Waals surface area contributed by atoms with Gasteiger partial charge in [-0.25, -0.2) is 0 Å². The first kappa shape index (κ1) is 23.9. The summed E-state index contributed by atoms with van der Waals surface area (Å²) in [6, 6.07) is 19.0. The molecule has 174 valence electrons. The number of furan rings is 1. The third kappa shape index (κ3) is 5.44. The topological polar surface area (TPSA) is 84.1 Å². The van der Waals surface area contributed by atoms with Gasteiger partial charge >= 0.3 is 0 Å². The number of nitrogens with one attached hydrogen (secondary N) is 1. The largest absolute Gasteiger partial charge is 0.466 e. The second-order valence-electron chi connectivity index (χ2n) is 7.26. The molecule has 34 heavy (non-hydrogen) atoms. The summed E-state index contributed by atoms with van der Waals surface area (Å²) in [6.45, 7) is 1.78. The van der Waals surface area contributed by atoms with Gasteiger partial charge < -0.3 is 14.5 Å². The van der Waals surface area contributed by atoms with Crippen molar-refractivity contribution in [2.24, 2.45) is 5.10 Å². The highest BCUT2D eigenvalue weighted by atomic mass is 35.6. The van der Waals surface area contributed by atoms with E-state index in [9.17, 15) is 9.59 Å². The average Bonchev–Trinajstić information content (AvgIpc) is 3.44. The summed E-state index contributed by atoms with van der Waals surface area (Å²) in [4.78, 5) is 25.1. The predicted octanol–water partition coefficient (Wildman–Crippen LogP) is 5.59. The van der Waals surface area contributed by atoms with Crippen LogP contribution in [0.3, 0.4) is 0 Å². The van der Waals surface area contributed by atoms with E-state index in [1.807, 2.05) is 30.3 Å². The molecule has 10 heteroatoms. The van der Waals surface area contributed by atoms with Crippen molar-refractivity contribution in [1.82, 2.24) is 5.32 Å². The maximum absolute atomic E-state index is 12.9. The average molecular weight is 519 g/mol. The van der Waals surface area contributed by atoms with Gasteiger partial charge in [0.1, 0.15) is 5.75 Å². The van der Waals surface area contributed by atoms with Crippen molar-refractivity contribution in [2.45, 2.75) is 16.9 Å². The minimum Gasteiger partial charge on any atom is -0.466 e. The molecule has 1 aromatic heterocycles. The molecule has 1 aliphatic rings. The van der Waals surface area contributed by atoms with Crippen LogP contribution in [0.1, 0.15) is 23.0 Å². The van der Waals surface area contributed by atoms with Crippen LogP contribution in [-0.4, -0.2) is 27.5 Å². The number of amides is 2. The Morgan fingerprint density at radius 2 is 1.79 bits per heavy atom. The molecule has 4 rings (SSSR count). The Morgan fingerprint density at radius 3 is 2.41 bits per heavy atom. The summed E-state index contributed by atoms with van der Waals surface area (Å²) in [5.74, 6) is -0.430. The van der Waals surface area contributed by atoms with Crippen LogP contribution < -0.4 is 15.1 Å². The van der Waals surface area contributed by atoms with E-state index in [-0.39, 0.29) is 11.7 Å². The molecule has 3 aromatic rings. The SMILES string of the molecule is CC1=NN(c2ccccc2)C(=O)/C1=C/c1ccc(O[C@@H](NC(=O)c2ccco2)C(Cl)(Cl)Cl)cc1. The van der Waals surface area contributed by atoms with Gasteiger partial charge in [0.15, 0.2) is 5.76 Å². The molecule has 0 saturated carbocycles. The molecule has 7 nitrogen and oxygen atoms in total. The van der Waals surface area contributed by atoms with Crippen LogP contribution in [0.15, 0.2) is 88.1 Å². The molecule has 1 aliphatic heterocycles. The minimum absolute atomic E-state index is 0.0487. The van der Waals surface area contributed by atoms with Crippen molar-refractivity contribution < 1.29 is 18.7 Å². The number of hydrogen-bond acceptors (Lipinski definition) is 5. The fraction of sp³-hybridized carbons (Fsp3) is 0.125. The van der Waals surface area contributed by atoms with Crippen LogP contribution >= 0.6 is 34.8 Å². The Labute approximate surface area is 210 Å². The number of carbonyl (C=O) groups is 2. The van der Waals surface area contributed by atoms with Gasteiger partial charge in [0.05, 0.1) is 23.2 Å². The molecule has 0 bridgehead atoms. The molecular weight excluding hydrogens is 501 g/mol. The summed E-state index contributed by atoms with van der Waals surface area (Å²) in [5, 5.41) is 8.22. The minimum atomic E-state index is -1.95. The molecule has 0 aliphatic carbocycles. The number of carbonyl (C=O) groups excluding carboxylic acids is 2. The van der Waals surface area contributed by atoms with Crippen LogP contribution in [0.4, 0.5) is 5.69 Å². The molecule has 0 radical (unpaired) electrons. The lowest BCUT2D eigenvalue weighted by atomic mass is 10.1. The number of nitrogens with zero attached hydrogens (tertiary/aromatic N) is 2. The predicted molar refractivity (Wildman–Crippen MR) is 132 cm³/mol. The molecule has 1 N–H and O–H groups in total. The molecule has 1 atom stereocenters. The lowest BCUT2D eigenvalue weighted by molar-refractivity contribution is -0.114. The number of anilines is 1. The molecule has 0 spiro atoms. The van der Waals surface area contributed by atoms with Gasteiger partial charge in [-0.05, 0) is 55.0 Å². The number of hydrazone groups is 1. The zero-order chi connectivity index (χ0) is 24.3. The Hall–Kier alpha value is -3.26. The van der Waals surface area contributed by atoms with E-state index in [0.717, 1.165) is 5.56 Å². The zero-order valence-corrected chi connectivity index (χ0v) is 20.0. The summed E-state index contributed by atoms with van der Waals surface area (Å²) in [5.41, 5.74) is 2.51. The van der Waals surface area contributed by atoms with Gasteiger partial charge in [-0.15, -0.1) is 0 Å². The van der Waals surface area contributed by atoms with Gasteiger partial charge in [0.25, 0.3) is 11.8 Å². The molecular formula is C24H18Cl3N3O4. The van der Waals surface area contributed by atoms with Gasteiger partial charge in [0, 0.05) is 0 Å². The molecule has 2 heterocycles. The van der Waals surface area contributed by atoms with Crippen molar-refractivity contribution in [1.29, 1.82) is 0 Å². The summed E-state index contributed by atoms with van der Waals surface area (Å²) in [7, 11) is 0. The maximum Gasteiger partial charge on any atom is 0.289 e. The molecule has 0 fully saturated rings. The third-order valence-electron chi connectivity index (χ3n) is 4.81. The van der Waals surface area contributed by atoms with E-state index in [1.54, 1.807) is 43.3 Å². The van der Waals surface area contributed by atoms with Crippen molar-refractivity contribution in [3.63, 3.8) is 0 Å². The van der Waals surface area contributed by atoms with Crippen LogP contribution in [-0.2, 0) is 4.79 Å². The van der Waals surface area contributed by atoms with E-state index >= 15 is 0 Å². The highest BCUT2D eigenvalue weighted by Crippen LogP contribution is 2.32. The van der Waals surface area contributed by atoms with Crippen LogP contribution in [0.5, 0.6) is 5.75 Å². The van der Waals surface area contributed by atoms with Gasteiger partial charge in [-0.1, -0.05) is 65.1 Å². The number of benzene rings is 2. The number of ether oxygens (including phenoxy) is 1. The monoisotopic (exact) mass is 517 g/mol. The first-order valence-corrected chi connectivity index (χ1v) is 11.2. The van der Waals surface area contributed by atoms with Crippen molar-refractivity contribution in [3.05, 3.63) is 89.9 Å². The fourth-order valence-electron chi connectivity index (χ4n) is 3.15. The highest BCUT2D eigenvalue weighted by molar-refractivity contribution is 6.68. The second-order valence-corrected chi connectivity index (χ2v) is 9.62. The standard InChI is InChI=1S/C24H18Cl3N3O4/c1-15-19(22(32)30(29-15)17-6-3-2-4-7-17)14-16-9-11-18(12-10-16)34-23(24(25,26)27)28-21(31)20-8-5-13-33-20/h2-14,23H,1H3,(H,28,31)/b19-14+/t23-/m1/s1. The van der Waals surface area contributed by atoms with E-state index < -0.39 is 15.9 Å². The first-order valence-electron chi connectivity index (χ1n) is 10.1. The third-order valence-corrected chi connectivity index (χ3v) is 5.41. The zero-order valence-electron chi connectivity index (χ0n) is 17.7. The highest BCUT2D eigenvalue weighted by Gasteiger charge is 2.37. The first-order chi connectivity index (χ1) is 16.2. The number of alkyl halides is 3. The maximum atomic E-state index is 12.9. The smallest absolute Gasteiger partial charge is 0.289 e. The molecule has 0 saturated heterocycles. The molecule has 0 unspecified atom stereocenters. The lowest BCUT2D eigenvalue weighted by Crippen LogP contribution is -2.47. The van der Waals surface area contributed by atoms with Crippen LogP contribution in [0.25, 0.3) is 6.08 Å². The quantitative estimate of drug-likeness (QED) is 0.262. The Kier molecular flexibility index (Phi) is 6.97. The van der Waals surface area contributed by atoms with Crippen molar-refractivity contribution in [2.75, 3.05) is 5.01 Å². The number of hydrogen-bond donors (Lipinski definition) is 1. The van der Waals surface area contributed by atoms with Gasteiger partial charge in [0.2, 0.25) is 10.0 Å². The fourth-order valence-corrected chi connectivity index (χ4v) is 3.45. The summed E-state index contributed by atoms with van der Waals surface area (Å²) < 4.78 is 8.80. The van der Waals surface area contributed by atoms with E-state index in [4.69, 9.17) is 44.0 Å². The van der Waals surface area contributed by atoms with E-state index in [2.05, 4.69) is 10.4 Å². The lowest BCUT2D eigenvalue weighted by Gasteiger charge is -2.26. The van der Waals surface area contributed by atoms with Gasteiger partial charge in [-0.3, -0.25) is 9.59 Å². The number of rotatable bonds is 6. The Balaban J connectivity index is 1.48. The van der Waals surface area contributed by atoms with Crippen molar-refractivity contribution >= 4 is 64.1 Å². The van der Waals surface area contributed by atoms with E-state index in [0.29, 0.717) is 22.7 Å². The van der Waals surface area contributed by atoms with E-state index in [1.165, 1.54) is 17.3 Å². The summed E-state index contributed by atoms with van der Waals surface area (Å²) in [6.07, 6.45) is 1.80. The second kappa shape index (κ2) is 9.93. The van der Waals surface area contributed by atoms with Gasteiger partial charge in [-0.2, -0.15) is 10.1 Å². The number of para-hydroxylation sites is 1. The normalized spacial score (nSPS) is 15.9. The Bertz CT molecular complexity index is 1230. The van der Waals surface area contributed by atoms with Crippen LogP contribution in [0.2, 0.25) is 0 Å². The molecule has 2 amide bonds. The van der Waals surface area contributed by atoms with Crippen molar-refractivity contribution in [3.8, 4) is 5.75 Å². The molecule has 2 aromatic carbocycles. The Morgan fingerprint density at radius 1 is 1.09 bits per heavy atom. The number of halogens is 3.